The first-order chi connectivity index (χ1) is 7.36. The van der Waals surface area contributed by atoms with Crippen LogP contribution in [-0.4, -0.2) is 21.3 Å². The Balaban J connectivity index is 3.40. The quantitative estimate of drug-likeness (QED) is 0.812. The largest absolute Gasteiger partial charge is 0.433 e. The minimum Gasteiger partial charge on any atom is -0.433 e. The fourth-order valence-electron chi connectivity index (χ4n) is 1.12. The Morgan fingerprint density at radius 3 is 2.50 bits per heavy atom. The van der Waals surface area contributed by atoms with Crippen LogP contribution in [0.15, 0.2) is 23.1 Å². The van der Waals surface area contributed by atoms with Gasteiger partial charge in [-0.25, -0.2) is 8.42 Å². The molecule has 0 heterocycles. The van der Waals surface area contributed by atoms with Gasteiger partial charge in [-0.3, -0.25) is 0 Å². The number of halogens is 2. The number of ether oxygens (including phenoxy) is 1. The van der Waals surface area contributed by atoms with Crippen LogP contribution in [0.25, 0.3) is 0 Å². The monoisotopic (exact) mass is 247 g/mol. The molecule has 7 heteroatoms. The summed E-state index contributed by atoms with van der Waals surface area (Å²) in [5, 5.41) is 8.74. The molecule has 1 rings (SSSR count). The summed E-state index contributed by atoms with van der Waals surface area (Å²) in [5.41, 5.74) is -0.412. The fourth-order valence-corrected chi connectivity index (χ4v) is 1.97. The summed E-state index contributed by atoms with van der Waals surface area (Å²) in [4.78, 5) is -0.326. The summed E-state index contributed by atoms with van der Waals surface area (Å²) in [5.74, 6) is -0.444. The number of nitriles is 1. The Hall–Kier alpha value is -1.68. The third kappa shape index (κ3) is 2.67. The van der Waals surface area contributed by atoms with Crippen LogP contribution < -0.4 is 4.74 Å². The zero-order valence-corrected chi connectivity index (χ0v) is 8.96. The van der Waals surface area contributed by atoms with Crippen molar-refractivity contribution in [2.75, 3.05) is 6.26 Å². The van der Waals surface area contributed by atoms with E-state index in [1.165, 1.54) is 12.1 Å². The van der Waals surface area contributed by atoms with Crippen LogP contribution in [0.1, 0.15) is 5.56 Å². The van der Waals surface area contributed by atoms with Crippen molar-refractivity contribution in [1.82, 2.24) is 0 Å². The van der Waals surface area contributed by atoms with E-state index in [4.69, 9.17) is 5.26 Å². The Kier molecular flexibility index (Phi) is 3.44. The van der Waals surface area contributed by atoms with Gasteiger partial charge >= 0.3 is 6.61 Å². The maximum atomic E-state index is 12.0. The number of hydrogen-bond acceptors (Lipinski definition) is 4. The van der Waals surface area contributed by atoms with E-state index in [1.807, 2.05) is 0 Å². The van der Waals surface area contributed by atoms with Gasteiger partial charge in [-0.2, -0.15) is 14.0 Å². The molecule has 0 spiro atoms. The molecule has 1 aromatic rings. The van der Waals surface area contributed by atoms with E-state index in [-0.39, 0.29) is 4.90 Å². The van der Waals surface area contributed by atoms with Gasteiger partial charge in [0, 0.05) is 6.26 Å². The Morgan fingerprint density at radius 1 is 1.44 bits per heavy atom. The second kappa shape index (κ2) is 4.45. The highest BCUT2D eigenvalue weighted by atomic mass is 32.2. The average Bonchev–Trinajstić information content (AvgIpc) is 2.15. The zero-order chi connectivity index (χ0) is 12.3. The molecule has 0 bridgehead atoms. The third-order valence-electron chi connectivity index (χ3n) is 1.72. The molecule has 0 fully saturated rings. The topological polar surface area (TPSA) is 67.2 Å². The lowest BCUT2D eigenvalue weighted by atomic mass is 10.2. The van der Waals surface area contributed by atoms with E-state index < -0.39 is 27.8 Å². The number of hydrogen-bond donors (Lipinski definition) is 0. The van der Waals surface area contributed by atoms with E-state index in [0.29, 0.717) is 0 Å². The van der Waals surface area contributed by atoms with E-state index in [2.05, 4.69) is 4.74 Å². The number of benzene rings is 1. The third-order valence-corrected chi connectivity index (χ3v) is 2.85. The van der Waals surface area contributed by atoms with Crippen molar-refractivity contribution in [2.45, 2.75) is 11.5 Å². The standard InChI is InChI=1S/C9H7F2NO3S/c1-16(13,14)8-4-2-3-7(6(8)5-12)15-9(10)11/h2-4,9H,1H3. The first kappa shape index (κ1) is 12.4. The Morgan fingerprint density at radius 2 is 2.06 bits per heavy atom. The van der Waals surface area contributed by atoms with Crippen molar-refractivity contribution in [3.8, 4) is 11.8 Å². The smallest absolute Gasteiger partial charge is 0.387 e. The average molecular weight is 247 g/mol. The second-order valence-corrected chi connectivity index (χ2v) is 4.88. The lowest BCUT2D eigenvalue weighted by molar-refractivity contribution is -0.0501. The molecule has 4 nitrogen and oxygen atoms in total. The van der Waals surface area contributed by atoms with Gasteiger partial charge in [-0.1, -0.05) is 6.07 Å². The highest BCUT2D eigenvalue weighted by Gasteiger charge is 2.19. The van der Waals surface area contributed by atoms with E-state index >= 15 is 0 Å². The van der Waals surface area contributed by atoms with Crippen molar-refractivity contribution in [3.63, 3.8) is 0 Å². The lowest BCUT2D eigenvalue weighted by Crippen LogP contribution is -2.07. The summed E-state index contributed by atoms with van der Waals surface area (Å²) in [6, 6.07) is 5.04. The van der Waals surface area contributed by atoms with Gasteiger partial charge in [0.05, 0.1) is 4.90 Å². The minimum atomic E-state index is -3.65. The number of alkyl halides is 2. The predicted octanol–water partition coefficient (Wildman–Crippen LogP) is 1.56. The lowest BCUT2D eigenvalue weighted by Gasteiger charge is -2.08. The maximum Gasteiger partial charge on any atom is 0.387 e. The summed E-state index contributed by atoms with van der Waals surface area (Å²) in [6.45, 7) is -3.11. The van der Waals surface area contributed by atoms with Gasteiger partial charge in [-0.15, -0.1) is 0 Å². The molecule has 0 N–H and O–H groups in total. The van der Waals surface area contributed by atoms with Gasteiger partial charge in [0.1, 0.15) is 17.4 Å². The van der Waals surface area contributed by atoms with Gasteiger partial charge < -0.3 is 4.74 Å². The Bertz CT molecular complexity index is 534. The van der Waals surface area contributed by atoms with Gasteiger partial charge in [-0.05, 0) is 12.1 Å². The number of nitrogens with zero attached hydrogens (tertiary/aromatic N) is 1. The van der Waals surface area contributed by atoms with Crippen molar-refractivity contribution < 1.29 is 21.9 Å². The summed E-state index contributed by atoms with van der Waals surface area (Å²) in [7, 11) is -3.65. The Labute approximate surface area is 91.0 Å². The van der Waals surface area contributed by atoms with Gasteiger partial charge in [0.15, 0.2) is 9.84 Å². The molecule has 0 unspecified atom stereocenters. The minimum absolute atomic E-state index is 0.326. The molecule has 0 atom stereocenters. The molecule has 16 heavy (non-hydrogen) atoms. The van der Waals surface area contributed by atoms with Crippen molar-refractivity contribution in [3.05, 3.63) is 23.8 Å². The first-order valence-corrected chi connectivity index (χ1v) is 5.93. The molecule has 0 aliphatic rings. The van der Waals surface area contributed by atoms with Crippen molar-refractivity contribution >= 4 is 9.84 Å². The highest BCUT2D eigenvalue weighted by Crippen LogP contribution is 2.26. The molecular weight excluding hydrogens is 240 g/mol. The molecule has 0 radical (unpaired) electrons. The van der Waals surface area contributed by atoms with Gasteiger partial charge in [0.2, 0.25) is 0 Å². The molecule has 0 saturated heterocycles. The molecule has 0 saturated carbocycles. The van der Waals surface area contributed by atoms with Crippen molar-refractivity contribution in [2.24, 2.45) is 0 Å². The highest BCUT2D eigenvalue weighted by molar-refractivity contribution is 7.90. The number of sulfone groups is 1. The maximum absolute atomic E-state index is 12.0. The van der Waals surface area contributed by atoms with Crippen LogP contribution in [-0.2, 0) is 9.84 Å². The molecule has 0 aliphatic heterocycles. The molecule has 0 amide bonds. The van der Waals surface area contributed by atoms with E-state index in [0.717, 1.165) is 18.4 Å². The van der Waals surface area contributed by atoms with E-state index in [9.17, 15) is 17.2 Å². The second-order valence-electron chi connectivity index (χ2n) is 2.89. The van der Waals surface area contributed by atoms with Crippen LogP contribution in [0.5, 0.6) is 5.75 Å². The van der Waals surface area contributed by atoms with Crippen LogP contribution in [0.4, 0.5) is 8.78 Å². The molecule has 0 aliphatic carbocycles. The van der Waals surface area contributed by atoms with Crippen LogP contribution >= 0.6 is 0 Å². The van der Waals surface area contributed by atoms with Gasteiger partial charge in [0.25, 0.3) is 0 Å². The molecule has 1 aromatic carbocycles. The normalized spacial score (nSPS) is 11.2. The fraction of sp³-hybridized carbons (Fsp3) is 0.222. The molecule has 0 aromatic heterocycles. The number of rotatable bonds is 3. The summed E-state index contributed by atoms with van der Waals surface area (Å²) in [6.07, 6.45) is 0.884. The SMILES string of the molecule is CS(=O)(=O)c1cccc(OC(F)F)c1C#N. The van der Waals surface area contributed by atoms with Crippen molar-refractivity contribution in [1.29, 1.82) is 5.26 Å². The van der Waals surface area contributed by atoms with Crippen LogP contribution in [0.3, 0.4) is 0 Å². The first-order valence-electron chi connectivity index (χ1n) is 4.04. The predicted molar refractivity (Wildman–Crippen MR) is 50.9 cm³/mol. The molecular formula is C9H7F2NO3S. The zero-order valence-electron chi connectivity index (χ0n) is 8.15. The van der Waals surface area contributed by atoms with E-state index in [1.54, 1.807) is 0 Å². The van der Waals surface area contributed by atoms with Crippen LogP contribution in [0, 0.1) is 11.3 Å². The molecule has 86 valence electrons. The van der Waals surface area contributed by atoms with Crippen LogP contribution in [0.2, 0.25) is 0 Å². The summed E-state index contributed by atoms with van der Waals surface area (Å²) < 4.78 is 50.5. The summed E-state index contributed by atoms with van der Waals surface area (Å²) >= 11 is 0.